The maximum Gasteiger partial charge on any atom is 0.257 e. The molecule has 0 spiro atoms. The standard InChI is InChI=1S/C16H14N6OS/c1-8-6-10(12-9(2)21-22(3)15(12)19-8)16(23)20-14-13-11(4-5-24-13)17-7-18-14/h4-7H,1-3H3,(H,17,18,20,23). The van der Waals surface area contributed by atoms with Crippen LogP contribution < -0.4 is 5.32 Å². The third kappa shape index (κ3) is 2.23. The van der Waals surface area contributed by atoms with Crippen LogP contribution in [0.4, 0.5) is 5.82 Å². The number of pyridine rings is 1. The average molecular weight is 338 g/mol. The molecule has 4 aromatic heterocycles. The Hall–Kier alpha value is -2.87. The Labute approximate surface area is 141 Å². The van der Waals surface area contributed by atoms with E-state index in [-0.39, 0.29) is 5.91 Å². The fourth-order valence-corrected chi connectivity index (χ4v) is 3.59. The highest BCUT2D eigenvalue weighted by atomic mass is 32.1. The molecule has 0 aliphatic carbocycles. The number of rotatable bonds is 2. The van der Waals surface area contributed by atoms with Crippen LogP contribution in [0.5, 0.6) is 0 Å². The SMILES string of the molecule is Cc1cc(C(=O)Nc2ncnc3ccsc23)c2c(C)nn(C)c2n1. The zero-order valence-corrected chi connectivity index (χ0v) is 14.2. The van der Waals surface area contributed by atoms with E-state index in [1.807, 2.05) is 32.3 Å². The lowest BCUT2D eigenvalue weighted by atomic mass is 10.1. The smallest absolute Gasteiger partial charge is 0.257 e. The van der Waals surface area contributed by atoms with E-state index in [1.165, 1.54) is 17.7 Å². The van der Waals surface area contributed by atoms with Crippen molar-refractivity contribution in [2.24, 2.45) is 7.05 Å². The summed E-state index contributed by atoms with van der Waals surface area (Å²) in [6, 6.07) is 3.68. The molecule has 4 heterocycles. The second-order valence-electron chi connectivity index (χ2n) is 5.53. The number of hydrogen-bond acceptors (Lipinski definition) is 6. The third-order valence-electron chi connectivity index (χ3n) is 3.82. The fraction of sp³-hybridized carbons (Fsp3) is 0.188. The highest BCUT2D eigenvalue weighted by Crippen LogP contribution is 2.27. The first-order chi connectivity index (χ1) is 11.5. The monoisotopic (exact) mass is 338 g/mol. The van der Waals surface area contributed by atoms with Gasteiger partial charge in [0, 0.05) is 12.7 Å². The van der Waals surface area contributed by atoms with E-state index in [9.17, 15) is 4.79 Å². The van der Waals surface area contributed by atoms with Gasteiger partial charge in [0.05, 0.1) is 26.9 Å². The van der Waals surface area contributed by atoms with Gasteiger partial charge in [-0.1, -0.05) is 0 Å². The van der Waals surface area contributed by atoms with Crippen molar-refractivity contribution >= 4 is 44.3 Å². The van der Waals surface area contributed by atoms with Gasteiger partial charge in [0.2, 0.25) is 0 Å². The van der Waals surface area contributed by atoms with Gasteiger partial charge in [-0.3, -0.25) is 9.48 Å². The number of thiophene rings is 1. The summed E-state index contributed by atoms with van der Waals surface area (Å²) in [4.78, 5) is 25.8. The van der Waals surface area contributed by atoms with E-state index in [0.29, 0.717) is 17.0 Å². The van der Waals surface area contributed by atoms with Gasteiger partial charge >= 0.3 is 0 Å². The Morgan fingerprint density at radius 2 is 2.12 bits per heavy atom. The summed E-state index contributed by atoms with van der Waals surface area (Å²) in [5.41, 5.74) is 3.60. The van der Waals surface area contributed by atoms with Gasteiger partial charge < -0.3 is 5.32 Å². The van der Waals surface area contributed by atoms with Gasteiger partial charge in [-0.2, -0.15) is 5.10 Å². The Kier molecular flexibility index (Phi) is 3.27. The quantitative estimate of drug-likeness (QED) is 0.607. The molecule has 0 aliphatic heterocycles. The van der Waals surface area contributed by atoms with E-state index >= 15 is 0 Å². The lowest BCUT2D eigenvalue weighted by Gasteiger charge is -2.07. The topological polar surface area (TPSA) is 85.6 Å². The van der Waals surface area contributed by atoms with Crippen molar-refractivity contribution in [2.45, 2.75) is 13.8 Å². The van der Waals surface area contributed by atoms with Crippen molar-refractivity contribution < 1.29 is 4.79 Å². The van der Waals surface area contributed by atoms with Crippen LogP contribution in [0, 0.1) is 13.8 Å². The summed E-state index contributed by atoms with van der Waals surface area (Å²) in [5, 5.41) is 9.96. The molecule has 1 N–H and O–H groups in total. The summed E-state index contributed by atoms with van der Waals surface area (Å²) in [6.07, 6.45) is 1.45. The molecular weight excluding hydrogens is 324 g/mol. The summed E-state index contributed by atoms with van der Waals surface area (Å²) >= 11 is 1.50. The molecule has 4 aromatic rings. The van der Waals surface area contributed by atoms with Crippen molar-refractivity contribution in [1.29, 1.82) is 0 Å². The molecule has 120 valence electrons. The van der Waals surface area contributed by atoms with Crippen LogP contribution >= 0.6 is 11.3 Å². The van der Waals surface area contributed by atoms with Crippen molar-refractivity contribution in [3.8, 4) is 0 Å². The van der Waals surface area contributed by atoms with Crippen molar-refractivity contribution in [3.05, 3.63) is 40.8 Å². The fourth-order valence-electron chi connectivity index (χ4n) is 2.80. The molecule has 0 aliphatic rings. The molecule has 0 radical (unpaired) electrons. The van der Waals surface area contributed by atoms with Crippen molar-refractivity contribution in [1.82, 2.24) is 24.7 Å². The molecule has 0 atom stereocenters. The number of amides is 1. The van der Waals surface area contributed by atoms with E-state index in [2.05, 4.69) is 25.4 Å². The number of nitrogens with one attached hydrogen (secondary N) is 1. The summed E-state index contributed by atoms with van der Waals surface area (Å²) in [7, 11) is 1.82. The lowest BCUT2D eigenvalue weighted by molar-refractivity contribution is 0.102. The third-order valence-corrected chi connectivity index (χ3v) is 4.73. The Morgan fingerprint density at radius 3 is 2.96 bits per heavy atom. The number of aromatic nitrogens is 5. The van der Waals surface area contributed by atoms with Crippen LogP contribution in [-0.4, -0.2) is 30.6 Å². The normalized spacial score (nSPS) is 11.3. The van der Waals surface area contributed by atoms with Crippen LogP contribution in [-0.2, 0) is 7.05 Å². The van der Waals surface area contributed by atoms with Gasteiger partial charge in [-0.05, 0) is 31.4 Å². The van der Waals surface area contributed by atoms with E-state index in [4.69, 9.17) is 0 Å². The van der Waals surface area contributed by atoms with Crippen LogP contribution in [0.1, 0.15) is 21.7 Å². The van der Waals surface area contributed by atoms with E-state index < -0.39 is 0 Å². The second-order valence-corrected chi connectivity index (χ2v) is 6.45. The van der Waals surface area contributed by atoms with Crippen LogP contribution in [0.3, 0.4) is 0 Å². The predicted octanol–water partition coefficient (Wildman–Crippen LogP) is 2.84. The minimum atomic E-state index is -0.227. The van der Waals surface area contributed by atoms with Gasteiger partial charge in [-0.15, -0.1) is 11.3 Å². The molecule has 1 amide bonds. The van der Waals surface area contributed by atoms with Gasteiger partial charge in [0.25, 0.3) is 5.91 Å². The molecule has 8 heteroatoms. The molecule has 0 unspecified atom stereocenters. The first kappa shape index (κ1) is 14.7. The maximum atomic E-state index is 12.9. The first-order valence-electron chi connectivity index (χ1n) is 7.35. The number of carbonyl (C=O) groups excluding carboxylic acids is 1. The summed E-state index contributed by atoms with van der Waals surface area (Å²) in [6.45, 7) is 3.74. The van der Waals surface area contributed by atoms with E-state index in [1.54, 1.807) is 10.7 Å². The van der Waals surface area contributed by atoms with Gasteiger partial charge in [0.1, 0.15) is 6.33 Å². The molecule has 24 heavy (non-hydrogen) atoms. The van der Waals surface area contributed by atoms with Crippen molar-refractivity contribution in [3.63, 3.8) is 0 Å². The number of nitrogens with zero attached hydrogens (tertiary/aromatic N) is 5. The van der Waals surface area contributed by atoms with Crippen LogP contribution in [0.2, 0.25) is 0 Å². The van der Waals surface area contributed by atoms with Gasteiger partial charge in [-0.25, -0.2) is 15.0 Å². The highest BCUT2D eigenvalue weighted by Gasteiger charge is 2.19. The van der Waals surface area contributed by atoms with Crippen LogP contribution in [0.15, 0.2) is 23.8 Å². The Bertz CT molecular complexity index is 1100. The molecule has 0 saturated heterocycles. The number of anilines is 1. The average Bonchev–Trinajstić information content (AvgIpc) is 3.13. The number of hydrogen-bond donors (Lipinski definition) is 1. The zero-order valence-electron chi connectivity index (χ0n) is 13.4. The molecule has 0 saturated carbocycles. The number of fused-ring (bicyclic) bond motifs is 2. The minimum Gasteiger partial charge on any atom is -0.305 e. The van der Waals surface area contributed by atoms with Crippen LogP contribution in [0.25, 0.3) is 21.3 Å². The first-order valence-corrected chi connectivity index (χ1v) is 8.23. The number of aryl methyl sites for hydroxylation is 3. The Morgan fingerprint density at radius 1 is 1.29 bits per heavy atom. The minimum absolute atomic E-state index is 0.227. The zero-order chi connectivity index (χ0) is 16.8. The largest absolute Gasteiger partial charge is 0.305 e. The summed E-state index contributed by atoms with van der Waals surface area (Å²) in [5.74, 6) is 0.291. The van der Waals surface area contributed by atoms with Gasteiger partial charge in [0.15, 0.2) is 11.5 Å². The molecule has 0 bridgehead atoms. The van der Waals surface area contributed by atoms with E-state index in [0.717, 1.165) is 27.0 Å². The lowest BCUT2D eigenvalue weighted by Crippen LogP contribution is -2.14. The molecule has 4 rings (SSSR count). The highest BCUT2D eigenvalue weighted by molar-refractivity contribution is 7.17. The van der Waals surface area contributed by atoms with Crippen molar-refractivity contribution in [2.75, 3.05) is 5.32 Å². The molecule has 0 aromatic carbocycles. The molecule has 7 nitrogen and oxygen atoms in total. The maximum absolute atomic E-state index is 12.9. The predicted molar refractivity (Wildman–Crippen MR) is 93.4 cm³/mol. The Balaban J connectivity index is 1.83. The number of carbonyl (C=O) groups is 1. The molecular formula is C16H14N6OS. The summed E-state index contributed by atoms with van der Waals surface area (Å²) < 4.78 is 2.55. The second kappa shape index (κ2) is 5.34. The molecule has 0 fully saturated rings.